The summed E-state index contributed by atoms with van der Waals surface area (Å²) in [6.45, 7) is 8.51. The van der Waals surface area contributed by atoms with Crippen molar-refractivity contribution in [3.63, 3.8) is 0 Å². The van der Waals surface area contributed by atoms with Gasteiger partial charge in [-0.1, -0.05) is 86.2 Å². The second-order valence-corrected chi connectivity index (χ2v) is 29.4. The van der Waals surface area contributed by atoms with Gasteiger partial charge in [0.1, 0.15) is 30.8 Å². The summed E-state index contributed by atoms with van der Waals surface area (Å²) in [5.74, 6) is -4.36. The number of pyridine rings is 1. The lowest BCUT2D eigenvalue weighted by atomic mass is 9.39. The molecule has 1 aliphatic heterocycles. The van der Waals surface area contributed by atoms with Crippen LogP contribution < -0.4 is 20.7 Å². The number of hydrogen-bond acceptors (Lipinski definition) is 18. The summed E-state index contributed by atoms with van der Waals surface area (Å²) in [6.07, 6.45) is 10.3. The van der Waals surface area contributed by atoms with Gasteiger partial charge in [0.25, 0.3) is 27.8 Å². The first-order chi connectivity index (χ1) is 46.9. The van der Waals surface area contributed by atoms with E-state index in [0.717, 1.165) is 64.7 Å². The van der Waals surface area contributed by atoms with Crippen LogP contribution in [0.15, 0.2) is 115 Å². The average molecular weight is 1380 g/mol. The van der Waals surface area contributed by atoms with Crippen molar-refractivity contribution >= 4 is 89.2 Å². The molecular weight excluding hydrogens is 1300 g/mol. The van der Waals surface area contributed by atoms with Gasteiger partial charge in [-0.15, -0.1) is 0 Å². The van der Waals surface area contributed by atoms with Crippen molar-refractivity contribution in [1.29, 1.82) is 0 Å². The molecule has 5 N–H and O–H groups in total. The van der Waals surface area contributed by atoms with Gasteiger partial charge in [-0.05, 0) is 128 Å². The number of nitrogens with zero attached hydrogens (tertiary/aromatic N) is 6. The SMILES string of the molecule is COCCN(CCOC12CC3(C)CC(C)(CC(Cn4ncc(-c5ccc(-c6ccc7cccc(C(=O)Nc8nc9ccccc9s8)c7c6)nc5C(=O)O)c4C)(C3)C1)C2)C(=O)OCc1ccccc1OCCOCCNC(=O)[C@H](CS(=O)(=O)O)NC(=O)CCCCCN1C(=O)C=CC1=O. The summed E-state index contributed by atoms with van der Waals surface area (Å²) in [5, 5.41) is 25.5. The Balaban J connectivity index is 0.662. The molecule has 0 radical (unpaired) electrons. The van der Waals surface area contributed by atoms with Gasteiger partial charge in [-0.2, -0.15) is 13.5 Å². The Hall–Kier alpha value is -8.99. The van der Waals surface area contributed by atoms with Crippen LogP contribution in [0.2, 0.25) is 0 Å². The van der Waals surface area contributed by atoms with E-state index in [9.17, 15) is 51.6 Å². The summed E-state index contributed by atoms with van der Waals surface area (Å²) in [6, 6.07) is 27.9. The number of fused-ring (bicyclic) bond motifs is 2. The second kappa shape index (κ2) is 30.0. The number of carbonyl (C=O) groups is 7. The Bertz CT molecular complexity index is 4250. The number of carboxylic acid groups (broad SMARTS) is 1. The van der Waals surface area contributed by atoms with Crippen LogP contribution in [0.25, 0.3) is 43.4 Å². The number of thiazole rings is 1. The Kier molecular flexibility index (Phi) is 21.5. The van der Waals surface area contributed by atoms with Crippen LogP contribution in [-0.4, -0.2) is 173 Å². The lowest BCUT2D eigenvalue weighted by Gasteiger charge is -2.69. The highest BCUT2D eigenvalue weighted by molar-refractivity contribution is 7.85. The van der Waals surface area contributed by atoms with E-state index in [2.05, 4.69) is 34.8 Å². The topological polar surface area (TPSA) is 326 Å². The first-order valence-corrected chi connectivity index (χ1v) is 35.2. The number of aromatic nitrogens is 4. The second-order valence-electron chi connectivity index (χ2n) is 26.8. The monoisotopic (exact) mass is 1380 g/mol. The fraction of sp³-hybridized carbons (Fsp3) is 0.437. The number of unbranched alkanes of at least 4 members (excludes halogenated alkanes) is 2. The summed E-state index contributed by atoms with van der Waals surface area (Å²) in [4.78, 5) is 102. The highest BCUT2D eigenvalue weighted by atomic mass is 32.2. The van der Waals surface area contributed by atoms with Crippen LogP contribution in [0.5, 0.6) is 5.75 Å². The smallest absolute Gasteiger partial charge is 0.410 e. The van der Waals surface area contributed by atoms with Crippen LogP contribution in [0.3, 0.4) is 0 Å². The zero-order valence-electron chi connectivity index (χ0n) is 55.2. The van der Waals surface area contributed by atoms with Crippen molar-refractivity contribution in [2.45, 2.75) is 110 Å². The molecule has 4 fully saturated rings. The molecule has 2 unspecified atom stereocenters. The first kappa shape index (κ1) is 70.3. The van der Waals surface area contributed by atoms with Crippen molar-refractivity contribution in [2.24, 2.45) is 16.2 Å². The minimum absolute atomic E-state index is 0.00324. The molecule has 27 heteroatoms. The summed E-state index contributed by atoms with van der Waals surface area (Å²) < 4.78 is 66.0. The normalized spacial score (nSPS) is 20.4. The van der Waals surface area contributed by atoms with Crippen molar-refractivity contribution in [2.75, 3.05) is 77.4 Å². The lowest BCUT2D eigenvalue weighted by molar-refractivity contribution is -0.248. The fourth-order valence-corrected chi connectivity index (χ4v) is 17.2. The van der Waals surface area contributed by atoms with E-state index in [0.29, 0.717) is 75.6 Å². The summed E-state index contributed by atoms with van der Waals surface area (Å²) in [5.41, 5.74) is 4.05. The number of benzene rings is 4. The van der Waals surface area contributed by atoms with Crippen LogP contribution in [0.4, 0.5) is 9.93 Å². The number of methoxy groups -OCH3 is 1. The molecule has 518 valence electrons. The maximum Gasteiger partial charge on any atom is 0.410 e. The first-order valence-electron chi connectivity index (χ1n) is 32.8. The summed E-state index contributed by atoms with van der Waals surface area (Å²) in [7, 11) is -3.09. The van der Waals surface area contributed by atoms with Crippen LogP contribution in [0.1, 0.15) is 110 Å². The lowest BCUT2D eigenvalue weighted by Crippen LogP contribution is -2.64. The number of ether oxygens (including phenoxy) is 5. The number of hydrogen-bond donors (Lipinski definition) is 5. The molecule has 6 amide bonds. The number of para-hydroxylation sites is 2. The van der Waals surface area contributed by atoms with E-state index >= 15 is 0 Å². The minimum atomic E-state index is -4.66. The number of rotatable bonds is 33. The molecule has 4 saturated carbocycles. The number of carboxylic acids is 1. The third kappa shape index (κ3) is 16.9. The van der Waals surface area contributed by atoms with Gasteiger partial charge in [-0.3, -0.25) is 43.4 Å². The molecule has 4 aromatic carbocycles. The number of aromatic carboxylic acids is 1. The van der Waals surface area contributed by atoms with Gasteiger partial charge in [0.15, 0.2) is 10.8 Å². The highest BCUT2D eigenvalue weighted by Gasteiger charge is 2.66. The fourth-order valence-electron chi connectivity index (χ4n) is 15.6. The predicted molar refractivity (Wildman–Crippen MR) is 365 cm³/mol. The van der Waals surface area contributed by atoms with Gasteiger partial charge in [-0.25, -0.2) is 19.6 Å². The Morgan fingerprint density at radius 2 is 1.55 bits per heavy atom. The van der Waals surface area contributed by atoms with Crippen LogP contribution in [0, 0.1) is 23.2 Å². The van der Waals surface area contributed by atoms with Crippen molar-refractivity contribution in [3.8, 4) is 28.1 Å². The van der Waals surface area contributed by atoms with Crippen LogP contribution in [-0.2, 0) is 61.4 Å². The van der Waals surface area contributed by atoms with E-state index in [1.54, 1.807) is 54.6 Å². The zero-order valence-corrected chi connectivity index (χ0v) is 56.8. The van der Waals surface area contributed by atoms with E-state index in [4.69, 9.17) is 33.8 Å². The van der Waals surface area contributed by atoms with Gasteiger partial charge >= 0.3 is 12.1 Å². The Morgan fingerprint density at radius 1 is 0.796 bits per heavy atom. The molecule has 3 atom stereocenters. The maximum absolute atomic E-state index is 13.9. The van der Waals surface area contributed by atoms with E-state index < -0.39 is 63.2 Å². The Morgan fingerprint density at radius 3 is 2.31 bits per heavy atom. The molecule has 12 rings (SSSR count). The average Bonchev–Trinajstić information content (AvgIpc) is 0.822. The van der Waals surface area contributed by atoms with E-state index in [1.165, 1.54) is 23.5 Å². The largest absolute Gasteiger partial charge is 0.491 e. The molecule has 5 aliphatic rings. The van der Waals surface area contributed by atoms with Gasteiger partial charge in [0.2, 0.25) is 11.8 Å². The minimum Gasteiger partial charge on any atom is -0.491 e. The van der Waals surface area contributed by atoms with E-state index in [-0.39, 0.29) is 100 Å². The van der Waals surface area contributed by atoms with Gasteiger partial charge in [0, 0.05) is 91.9 Å². The molecule has 4 heterocycles. The third-order valence-electron chi connectivity index (χ3n) is 18.7. The summed E-state index contributed by atoms with van der Waals surface area (Å²) >= 11 is 1.39. The molecule has 98 heavy (non-hydrogen) atoms. The molecule has 0 spiro atoms. The number of imide groups is 1. The van der Waals surface area contributed by atoms with Crippen molar-refractivity contribution in [3.05, 3.63) is 138 Å². The number of amides is 6. The maximum atomic E-state index is 13.9. The van der Waals surface area contributed by atoms with Gasteiger partial charge < -0.3 is 44.3 Å². The van der Waals surface area contributed by atoms with Crippen molar-refractivity contribution < 1.29 is 75.3 Å². The predicted octanol–water partition coefficient (Wildman–Crippen LogP) is 9.42. The highest BCUT2D eigenvalue weighted by Crippen LogP contribution is 2.72. The molecular formula is C71H81N9O16S2. The molecule has 3 aromatic heterocycles. The van der Waals surface area contributed by atoms with Crippen LogP contribution >= 0.6 is 11.3 Å². The van der Waals surface area contributed by atoms with E-state index in [1.807, 2.05) is 72.3 Å². The number of carbonyl (C=O) groups excluding carboxylic acids is 6. The van der Waals surface area contributed by atoms with Gasteiger partial charge in [0.05, 0.1) is 54.1 Å². The quantitative estimate of drug-likeness (QED) is 0.0145. The molecule has 4 aliphatic carbocycles. The molecule has 25 nitrogen and oxygen atoms in total. The number of nitrogens with one attached hydrogen (secondary N) is 3. The molecule has 7 aromatic rings. The number of anilines is 1. The van der Waals surface area contributed by atoms with Crippen molar-refractivity contribution in [1.82, 2.24) is 40.2 Å². The standard InChI is InChI=1S/C71H81N9O16S2/c1-46-53(50-22-23-54(75-62(50)65(86)87)48-21-20-47-14-12-15-51(52(47)35-48)63(84)77-66-76-55-16-8-10-18-58(55)97-66)36-73-80(46)45-70-40-68(2)39-69(3,41-70)43-71(42-68,44-70)96-32-29-78(28-31-92-4)67(88)95-37-49-13-7-9-17-57(49)94-34-33-93-30-26-72-64(85)56(38-98(89,90)91)74-59(81)19-6-5-11-27-79-60(82)24-25-61(79)83/h7-10,12-18,20-25,35-36,56H,5-6,11,19,26-34,37-45H2,1-4H3,(H,72,85)(H,74,81)(H,86,87)(H,76,77,84)(H,89,90,91)/t56-,68?,69?,70?,71?/m0/s1. The molecule has 4 bridgehead atoms. The third-order valence-corrected chi connectivity index (χ3v) is 20.4. The molecule has 0 saturated heterocycles. The Labute approximate surface area is 571 Å². The zero-order chi connectivity index (χ0) is 69.4.